The Balaban J connectivity index is 1.51. The van der Waals surface area contributed by atoms with Gasteiger partial charge in [0.25, 0.3) is 0 Å². The summed E-state index contributed by atoms with van der Waals surface area (Å²) in [6, 6.07) is 14.6. The fourth-order valence-electron chi connectivity index (χ4n) is 3.98. The molecule has 3 aromatic rings. The SMILES string of the molecule is Cc1ccc(-c2n[nH]c(=S)n2CC(=O)N(C)CC(=O)N2c3ccccc3NC(=O)CC2C)cc1. The number of H-pyrrole nitrogens is 1. The molecule has 1 aliphatic rings. The van der Waals surface area contributed by atoms with E-state index in [2.05, 4.69) is 15.5 Å². The summed E-state index contributed by atoms with van der Waals surface area (Å²) in [6.45, 7) is 3.61. The monoisotopic (exact) mass is 478 g/mol. The number of carbonyl (C=O) groups is 3. The molecule has 0 radical (unpaired) electrons. The fourth-order valence-corrected chi connectivity index (χ4v) is 4.18. The Labute approximate surface area is 202 Å². The maximum Gasteiger partial charge on any atom is 0.246 e. The Hall–Kier alpha value is -3.79. The van der Waals surface area contributed by atoms with E-state index in [1.54, 1.807) is 34.7 Å². The van der Waals surface area contributed by atoms with Gasteiger partial charge in [-0.05, 0) is 38.2 Å². The molecule has 34 heavy (non-hydrogen) atoms. The minimum atomic E-state index is -0.352. The lowest BCUT2D eigenvalue weighted by molar-refractivity contribution is -0.134. The smallest absolute Gasteiger partial charge is 0.246 e. The van der Waals surface area contributed by atoms with E-state index in [0.29, 0.717) is 22.0 Å². The van der Waals surface area contributed by atoms with Crippen molar-refractivity contribution in [3.63, 3.8) is 0 Å². The van der Waals surface area contributed by atoms with E-state index in [9.17, 15) is 14.4 Å². The second kappa shape index (κ2) is 9.60. The van der Waals surface area contributed by atoms with Crippen LogP contribution in [0.15, 0.2) is 48.5 Å². The van der Waals surface area contributed by atoms with Crippen molar-refractivity contribution in [2.24, 2.45) is 0 Å². The minimum absolute atomic E-state index is 0.0610. The van der Waals surface area contributed by atoms with E-state index in [1.165, 1.54) is 4.90 Å². The molecule has 0 bridgehead atoms. The van der Waals surface area contributed by atoms with E-state index in [0.717, 1.165) is 11.1 Å². The molecular formula is C24H26N6O3S. The molecule has 0 saturated heterocycles. The molecule has 10 heteroatoms. The third kappa shape index (κ3) is 4.76. The number of para-hydroxylation sites is 2. The molecular weight excluding hydrogens is 452 g/mol. The van der Waals surface area contributed by atoms with Crippen LogP contribution in [0, 0.1) is 11.7 Å². The van der Waals surface area contributed by atoms with E-state index in [1.807, 2.05) is 44.2 Å². The van der Waals surface area contributed by atoms with Gasteiger partial charge >= 0.3 is 0 Å². The Kier molecular flexibility index (Phi) is 6.60. The van der Waals surface area contributed by atoms with E-state index < -0.39 is 0 Å². The first-order valence-corrected chi connectivity index (χ1v) is 11.3. The molecule has 0 saturated carbocycles. The zero-order chi connectivity index (χ0) is 24.4. The van der Waals surface area contributed by atoms with Gasteiger partial charge in [-0.3, -0.25) is 24.0 Å². The summed E-state index contributed by atoms with van der Waals surface area (Å²) in [4.78, 5) is 41.5. The van der Waals surface area contributed by atoms with Crippen molar-refractivity contribution >= 4 is 41.3 Å². The third-order valence-corrected chi connectivity index (χ3v) is 6.10. The topological polar surface area (TPSA) is 103 Å². The molecule has 0 fully saturated rings. The summed E-state index contributed by atoms with van der Waals surface area (Å²) >= 11 is 5.34. The summed E-state index contributed by atoms with van der Waals surface area (Å²) in [5, 5.41) is 9.86. The number of benzene rings is 2. The average molecular weight is 479 g/mol. The Morgan fingerprint density at radius 3 is 2.62 bits per heavy atom. The highest BCUT2D eigenvalue weighted by Gasteiger charge is 2.30. The quantitative estimate of drug-likeness (QED) is 0.549. The zero-order valence-corrected chi connectivity index (χ0v) is 20.1. The van der Waals surface area contributed by atoms with Crippen LogP contribution >= 0.6 is 12.2 Å². The van der Waals surface area contributed by atoms with Crippen molar-refractivity contribution in [1.82, 2.24) is 19.7 Å². The van der Waals surface area contributed by atoms with Crippen molar-refractivity contribution in [1.29, 1.82) is 0 Å². The summed E-state index contributed by atoms with van der Waals surface area (Å²) < 4.78 is 1.94. The molecule has 2 aromatic carbocycles. The van der Waals surface area contributed by atoms with Gasteiger partial charge in [0.2, 0.25) is 17.7 Å². The van der Waals surface area contributed by atoms with Gasteiger partial charge in [0, 0.05) is 25.1 Å². The Morgan fingerprint density at radius 2 is 1.88 bits per heavy atom. The zero-order valence-electron chi connectivity index (χ0n) is 19.2. The summed E-state index contributed by atoms with van der Waals surface area (Å²) in [6.07, 6.45) is 0.169. The number of nitrogens with zero attached hydrogens (tertiary/aromatic N) is 4. The molecule has 3 amide bonds. The molecule has 2 heterocycles. The number of aromatic nitrogens is 3. The molecule has 4 rings (SSSR count). The van der Waals surface area contributed by atoms with Crippen LogP contribution in [0.2, 0.25) is 0 Å². The number of rotatable bonds is 5. The fraction of sp³-hybridized carbons (Fsp3) is 0.292. The minimum Gasteiger partial charge on any atom is -0.335 e. The van der Waals surface area contributed by atoms with E-state index in [-0.39, 0.29) is 43.3 Å². The number of hydrogen-bond acceptors (Lipinski definition) is 5. The van der Waals surface area contributed by atoms with Gasteiger partial charge in [-0.2, -0.15) is 5.10 Å². The molecule has 9 nitrogen and oxygen atoms in total. The van der Waals surface area contributed by atoms with Gasteiger partial charge in [0.05, 0.1) is 17.9 Å². The number of anilines is 2. The third-order valence-electron chi connectivity index (χ3n) is 5.79. The van der Waals surface area contributed by atoms with Crippen molar-refractivity contribution in [3.8, 4) is 11.4 Å². The Bertz CT molecular complexity index is 1300. The van der Waals surface area contributed by atoms with Crippen molar-refractivity contribution < 1.29 is 14.4 Å². The molecule has 176 valence electrons. The normalized spacial score (nSPS) is 15.3. The van der Waals surface area contributed by atoms with Gasteiger partial charge < -0.3 is 15.1 Å². The van der Waals surface area contributed by atoms with Gasteiger partial charge in [0.1, 0.15) is 6.54 Å². The molecule has 0 aliphatic carbocycles. The lowest BCUT2D eigenvalue weighted by Gasteiger charge is -2.29. The first kappa shape index (κ1) is 23.4. The molecule has 1 aliphatic heterocycles. The van der Waals surface area contributed by atoms with Crippen molar-refractivity contribution in [2.45, 2.75) is 32.9 Å². The van der Waals surface area contributed by atoms with Crippen LogP contribution in [0.3, 0.4) is 0 Å². The molecule has 1 unspecified atom stereocenters. The highest BCUT2D eigenvalue weighted by Crippen LogP contribution is 2.31. The van der Waals surface area contributed by atoms with Crippen molar-refractivity contribution in [2.75, 3.05) is 23.8 Å². The van der Waals surface area contributed by atoms with Crippen LogP contribution in [0.1, 0.15) is 18.9 Å². The number of aromatic amines is 1. The maximum absolute atomic E-state index is 13.3. The van der Waals surface area contributed by atoms with Gasteiger partial charge in [0.15, 0.2) is 10.6 Å². The number of carbonyl (C=O) groups excluding carboxylic acids is 3. The van der Waals surface area contributed by atoms with Gasteiger partial charge in [-0.25, -0.2) is 0 Å². The number of amides is 3. The van der Waals surface area contributed by atoms with E-state index in [4.69, 9.17) is 12.2 Å². The van der Waals surface area contributed by atoms with Crippen LogP contribution in [0.4, 0.5) is 11.4 Å². The number of likely N-dealkylation sites (N-methyl/N-ethyl adjacent to an activating group) is 1. The molecule has 0 spiro atoms. The first-order chi connectivity index (χ1) is 16.2. The molecule has 1 aromatic heterocycles. The van der Waals surface area contributed by atoms with Crippen LogP contribution < -0.4 is 10.2 Å². The highest BCUT2D eigenvalue weighted by atomic mass is 32.1. The number of hydrogen-bond donors (Lipinski definition) is 2. The van der Waals surface area contributed by atoms with Crippen LogP contribution in [0.5, 0.6) is 0 Å². The van der Waals surface area contributed by atoms with Crippen molar-refractivity contribution in [3.05, 3.63) is 58.9 Å². The number of fused-ring (bicyclic) bond motifs is 1. The molecule has 1 atom stereocenters. The number of aryl methyl sites for hydroxylation is 1. The standard InChI is InChI=1S/C24H26N6O3S/c1-15-8-10-17(11-9-15)23-26-27-24(34)29(23)14-21(32)28(3)13-22(33)30-16(2)12-20(31)25-18-6-4-5-7-19(18)30/h4-11,16H,12-14H2,1-3H3,(H,25,31)(H,27,34). The summed E-state index contributed by atoms with van der Waals surface area (Å²) in [7, 11) is 1.58. The van der Waals surface area contributed by atoms with Gasteiger partial charge in [-0.1, -0.05) is 42.0 Å². The lowest BCUT2D eigenvalue weighted by Crippen LogP contribution is -2.46. The summed E-state index contributed by atoms with van der Waals surface area (Å²) in [5.41, 5.74) is 3.13. The predicted octanol–water partition coefficient (Wildman–Crippen LogP) is 3.14. The van der Waals surface area contributed by atoms with Crippen LogP contribution in [-0.2, 0) is 20.9 Å². The highest BCUT2D eigenvalue weighted by molar-refractivity contribution is 7.71. The van der Waals surface area contributed by atoms with Gasteiger partial charge in [-0.15, -0.1) is 0 Å². The van der Waals surface area contributed by atoms with E-state index >= 15 is 0 Å². The largest absolute Gasteiger partial charge is 0.335 e. The second-order valence-electron chi connectivity index (χ2n) is 8.44. The second-order valence-corrected chi connectivity index (χ2v) is 8.82. The van der Waals surface area contributed by atoms with Crippen LogP contribution in [0.25, 0.3) is 11.4 Å². The lowest BCUT2D eigenvalue weighted by atomic mass is 10.1. The predicted molar refractivity (Wildman–Crippen MR) is 132 cm³/mol. The first-order valence-electron chi connectivity index (χ1n) is 10.9. The van der Waals surface area contributed by atoms with Crippen LogP contribution in [-0.4, -0.2) is 57.0 Å². The maximum atomic E-state index is 13.3. The summed E-state index contributed by atoms with van der Waals surface area (Å²) in [5.74, 6) is -0.165. The number of nitrogens with one attached hydrogen (secondary N) is 2. The Morgan fingerprint density at radius 1 is 1.18 bits per heavy atom. The average Bonchev–Trinajstić information content (AvgIpc) is 3.08. The molecule has 2 N–H and O–H groups in total.